The molecule has 1 aromatic heterocycles. The molecule has 1 aliphatic heterocycles. The minimum absolute atomic E-state index is 0.255. The first-order chi connectivity index (χ1) is 11.7. The highest BCUT2D eigenvalue weighted by molar-refractivity contribution is 5.91. The van der Waals surface area contributed by atoms with Gasteiger partial charge in [0.2, 0.25) is 5.91 Å². The molecule has 4 rings (SSSR count). The van der Waals surface area contributed by atoms with Crippen LogP contribution in [0, 0.1) is 0 Å². The van der Waals surface area contributed by atoms with E-state index in [0.29, 0.717) is 5.91 Å². The normalized spacial score (nSPS) is 22.4. The molecule has 1 aliphatic carbocycles. The van der Waals surface area contributed by atoms with Crippen LogP contribution in [0.3, 0.4) is 0 Å². The smallest absolute Gasteiger partial charge is 0.233 e. The van der Waals surface area contributed by atoms with Crippen LogP contribution < -0.4 is 0 Å². The van der Waals surface area contributed by atoms with E-state index in [9.17, 15) is 4.79 Å². The number of nitrogens with one attached hydrogen (secondary N) is 1. The van der Waals surface area contributed by atoms with Crippen molar-refractivity contribution in [2.24, 2.45) is 0 Å². The molecule has 0 bridgehead atoms. The van der Waals surface area contributed by atoms with Gasteiger partial charge in [-0.1, -0.05) is 37.3 Å². The zero-order valence-electron chi connectivity index (χ0n) is 14.2. The van der Waals surface area contributed by atoms with E-state index in [0.717, 1.165) is 56.8 Å². The fourth-order valence-corrected chi connectivity index (χ4v) is 3.83. The van der Waals surface area contributed by atoms with Crippen molar-refractivity contribution >= 4 is 5.91 Å². The fraction of sp³-hybridized carbons (Fsp3) is 0.526. The summed E-state index contributed by atoms with van der Waals surface area (Å²) in [6, 6.07) is 10.3. The summed E-state index contributed by atoms with van der Waals surface area (Å²) in [4.78, 5) is 19.8. The van der Waals surface area contributed by atoms with Crippen molar-refractivity contribution in [2.75, 3.05) is 13.1 Å². The van der Waals surface area contributed by atoms with Crippen molar-refractivity contribution in [2.45, 2.75) is 50.4 Å². The van der Waals surface area contributed by atoms with Crippen LogP contribution in [0.5, 0.6) is 0 Å². The largest absolute Gasteiger partial charge is 0.341 e. The summed E-state index contributed by atoms with van der Waals surface area (Å²) >= 11 is 0. The lowest BCUT2D eigenvalue weighted by Crippen LogP contribution is -2.44. The quantitative estimate of drug-likeness (QED) is 0.940. The molecule has 0 radical (unpaired) electrons. The summed E-state index contributed by atoms with van der Waals surface area (Å²) in [6.07, 6.45) is 4.88. The van der Waals surface area contributed by atoms with E-state index in [4.69, 9.17) is 0 Å². The van der Waals surface area contributed by atoms with Crippen LogP contribution in [0.2, 0.25) is 0 Å². The number of nitrogens with zero attached hydrogens (tertiary/aromatic N) is 3. The molecule has 1 N–H and O–H groups in total. The van der Waals surface area contributed by atoms with Crippen LogP contribution >= 0.6 is 0 Å². The van der Waals surface area contributed by atoms with E-state index in [1.165, 1.54) is 5.56 Å². The van der Waals surface area contributed by atoms with Crippen LogP contribution in [0.1, 0.15) is 55.7 Å². The Morgan fingerprint density at radius 1 is 1.33 bits per heavy atom. The van der Waals surface area contributed by atoms with Gasteiger partial charge in [-0.3, -0.25) is 9.89 Å². The Morgan fingerprint density at radius 3 is 2.79 bits per heavy atom. The standard InChI is InChI=1S/C19H24N4O/c1-2-16-20-17(22-21-16)14-7-6-12-23(13-14)18(24)19(10-11-19)15-8-4-3-5-9-15/h3-5,8-9,14H,2,6-7,10-13H2,1H3,(H,20,21,22). The SMILES string of the molecule is CCc1nc(C2CCCN(C(=O)C3(c4ccccc4)CC3)C2)n[nH]1. The monoisotopic (exact) mass is 324 g/mol. The van der Waals surface area contributed by atoms with Gasteiger partial charge in [-0.2, -0.15) is 5.10 Å². The summed E-state index contributed by atoms with van der Waals surface area (Å²) in [7, 11) is 0. The average molecular weight is 324 g/mol. The Bertz CT molecular complexity index is 720. The van der Waals surface area contributed by atoms with Gasteiger partial charge in [0, 0.05) is 25.4 Å². The van der Waals surface area contributed by atoms with Gasteiger partial charge in [-0.25, -0.2) is 4.98 Å². The fourth-order valence-electron chi connectivity index (χ4n) is 3.83. The van der Waals surface area contributed by atoms with Crippen molar-refractivity contribution in [1.29, 1.82) is 0 Å². The third kappa shape index (κ3) is 2.62. The second kappa shape index (κ2) is 6.04. The molecule has 1 unspecified atom stereocenters. The Balaban J connectivity index is 1.51. The number of piperidine rings is 1. The molecule has 24 heavy (non-hydrogen) atoms. The third-order valence-corrected chi connectivity index (χ3v) is 5.44. The maximum absolute atomic E-state index is 13.2. The zero-order chi connectivity index (χ0) is 16.6. The number of benzene rings is 1. The molecule has 5 nitrogen and oxygen atoms in total. The molecule has 1 atom stereocenters. The zero-order valence-corrected chi connectivity index (χ0v) is 14.2. The van der Waals surface area contributed by atoms with Crippen LogP contribution in [0.15, 0.2) is 30.3 Å². The molecular formula is C19H24N4O. The molecule has 1 amide bonds. The van der Waals surface area contributed by atoms with Crippen LogP contribution in [0.4, 0.5) is 0 Å². The number of carbonyl (C=O) groups is 1. The minimum Gasteiger partial charge on any atom is -0.341 e. The Labute approximate surface area is 142 Å². The van der Waals surface area contributed by atoms with Gasteiger partial charge in [-0.05, 0) is 31.2 Å². The number of likely N-dealkylation sites (tertiary alicyclic amines) is 1. The van der Waals surface area contributed by atoms with E-state index in [1.807, 2.05) is 18.2 Å². The molecule has 1 aromatic carbocycles. The predicted octanol–water partition coefficient (Wildman–Crippen LogP) is 2.80. The lowest BCUT2D eigenvalue weighted by molar-refractivity contribution is -0.135. The van der Waals surface area contributed by atoms with E-state index >= 15 is 0 Å². The van der Waals surface area contributed by atoms with Crippen molar-refractivity contribution in [3.05, 3.63) is 47.5 Å². The van der Waals surface area contributed by atoms with Gasteiger partial charge < -0.3 is 4.90 Å². The second-order valence-electron chi connectivity index (χ2n) is 7.03. The van der Waals surface area contributed by atoms with Crippen LogP contribution in [0.25, 0.3) is 0 Å². The summed E-state index contributed by atoms with van der Waals surface area (Å²) in [5, 5.41) is 7.37. The minimum atomic E-state index is -0.267. The number of aromatic nitrogens is 3. The maximum Gasteiger partial charge on any atom is 0.233 e. The number of H-pyrrole nitrogens is 1. The highest BCUT2D eigenvalue weighted by atomic mass is 16.2. The first kappa shape index (κ1) is 15.4. The molecule has 2 heterocycles. The van der Waals surface area contributed by atoms with E-state index in [1.54, 1.807) is 0 Å². The van der Waals surface area contributed by atoms with Gasteiger partial charge in [0.1, 0.15) is 5.82 Å². The number of hydrogen-bond acceptors (Lipinski definition) is 3. The molecule has 1 saturated heterocycles. The number of amides is 1. The lowest BCUT2D eigenvalue weighted by atomic mass is 9.91. The third-order valence-electron chi connectivity index (χ3n) is 5.44. The van der Waals surface area contributed by atoms with Crippen LogP contribution in [-0.2, 0) is 16.6 Å². The number of aromatic amines is 1. The van der Waals surface area contributed by atoms with E-state index in [-0.39, 0.29) is 11.3 Å². The molecule has 0 spiro atoms. The Morgan fingerprint density at radius 2 is 2.12 bits per heavy atom. The van der Waals surface area contributed by atoms with Gasteiger partial charge in [0.15, 0.2) is 5.82 Å². The van der Waals surface area contributed by atoms with Gasteiger partial charge in [0.05, 0.1) is 5.41 Å². The van der Waals surface area contributed by atoms with Gasteiger partial charge >= 0.3 is 0 Å². The molecule has 2 aromatic rings. The molecular weight excluding hydrogens is 300 g/mol. The summed E-state index contributed by atoms with van der Waals surface area (Å²) in [5.74, 6) is 2.35. The number of aryl methyl sites for hydroxylation is 1. The van der Waals surface area contributed by atoms with E-state index < -0.39 is 0 Å². The van der Waals surface area contributed by atoms with Gasteiger partial charge in [0.25, 0.3) is 0 Å². The first-order valence-corrected chi connectivity index (χ1v) is 8.99. The Kier molecular flexibility index (Phi) is 3.87. The predicted molar refractivity (Wildman–Crippen MR) is 91.7 cm³/mol. The molecule has 2 fully saturated rings. The summed E-state index contributed by atoms with van der Waals surface area (Å²) in [5.41, 5.74) is 0.903. The van der Waals surface area contributed by atoms with Crippen molar-refractivity contribution < 1.29 is 4.79 Å². The highest BCUT2D eigenvalue weighted by Gasteiger charge is 2.53. The van der Waals surface area contributed by atoms with Crippen molar-refractivity contribution in [3.8, 4) is 0 Å². The van der Waals surface area contributed by atoms with Crippen molar-refractivity contribution in [1.82, 2.24) is 20.1 Å². The summed E-state index contributed by atoms with van der Waals surface area (Å²) in [6.45, 7) is 3.67. The topological polar surface area (TPSA) is 61.9 Å². The van der Waals surface area contributed by atoms with Gasteiger partial charge in [-0.15, -0.1) is 0 Å². The molecule has 1 saturated carbocycles. The Hall–Kier alpha value is -2.17. The van der Waals surface area contributed by atoms with Crippen LogP contribution in [-0.4, -0.2) is 39.1 Å². The summed E-state index contributed by atoms with van der Waals surface area (Å²) < 4.78 is 0. The lowest BCUT2D eigenvalue weighted by Gasteiger charge is -2.34. The first-order valence-electron chi connectivity index (χ1n) is 8.99. The molecule has 126 valence electrons. The van der Waals surface area contributed by atoms with E-state index in [2.05, 4.69) is 39.1 Å². The maximum atomic E-state index is 13.2. The molecule has 2 aliphatic rings. The number of hydrogen-bond donors (Lipinski definition) is 1. The second-order valence-corrected chi connectivity index (χ2v) is 7.03. The number of carbonyl (C=O) groups excluding carboxylic acids is 1. The highest BCUT2D eigenvalue weighted by Crippen LogP contribution is 2.50. The average Bonchev–Trinajstić information content (AvgIpc) is 3.32. The number of rotatable bonds is 4. The molecule has 5 heteroatoms. The van der Waals surface area contributed by atoms with Crippen molar-refractivity contribution in [3.63, 3.8) is 0 Å².